The Balaban J connectivity index is 1.59. The minimum absolute atomic E-state index is 0.116. The normalized spacial score (nSPS) is 10.9. The number of nitrogens with zero attached hydrogens (tertiary/aromatic N) is 2. The summed E-state index contributed by atoms with van der Waals surface area (Å²) >= 11 is 7.07. The summed E-state index contributed by atoms with van der Waals surface area (Å²) in [5.41, 5.74) is 2.72. The average molecular weight is 388 g/mol. The van der Waals surface area contributed by atoms with Gasteiger partial charge in [0, 0.05) is 16.3 Å². The summed E-state index contributed by atoms with van der Waals surface area (Å²) in [5.74, 6) is 0.801. The highest BCUT2D eigenvalue weighted by atomic mass is 35.5. The van der Waals surface area contributed by atoms with Gasteiger partial charge in [-0.05, 0) is 41.8 Å². The van der Waals surface area contributed by atoms with Crippen LogP contribution in [0.25, 0.3) is 11.5 Å². The highest BCUT2D eigenvalue weighted by molar-refractivity contribution is 7.99. The Bertz CT molecular complexity index is 894. The first-order valence-corrected chi connectivity index (χ1v) is 9.50. The second-order valence-corrected chi connectivity index (χ2v) is 7.32. The van der Waals surface area contributed by atoms with Gasteiger partial charge in [0.2, 0.25) is 11.8 Å². The van der Waals surface area contributed by atoms with Crippen molar-refractivity contribution in [2.75, 3.05) is 11.1 Å². The number of amides is 1. The summed E-state index contributed by atoms with van der Waals surface area (Å²) in [4.78, 5) is 12.2. The number of rotatable bonds is 6. The number of carbonyl (C=O) groups is 1. The summed E-state index contributed by atoms with van der Waals surface area (Å²) in [6, 6.07) is 14.9. The van der Waals surface area contributed by atoms with Crippen molar-refractivity contribution in [3.05, 3.63) is 59.1 Å². The third-order valence-electron chi connectivity index (χ3n) is 3.68. The van der Waals surface area contributed by atoms with Crippen molar-refractivity contribution >= 4 is 35.0 Å². The molecule has 0 saturated heterocycles. The molecule has 0 bridgehead atoms. The Morgan fingerprint density at radius 1 is 1.15 bits per heavy atom. The van der Waals surface area contributed by atoms with Crippen molar-refractivity contribution in [2.24, 2.45) is 0 Å². The van der Waals surface area contributed by atoms with Crippen LogP contribution in [0.5, 0.6) is 0 Å². The Labute approximate surface area is 161 Å². The van der Waals surface area contributed by atoms with Gasteiger partial charge in [0.05, 0.1) is 5.75 Å². The molecule has 2 aromatic carbocycles. The van der Waals surface area contributed by atoms with Crippen LogP contribution < -0.4 is 5.32 Å². The second-order valence-electron chi connectivity index (χ2n) is 5.96. The van der Waals surface area contributed by atoms with Crippen LogP contribution in [0.2, 0.25) is 5.02 Å². The standard InChI is InChI=1S/C19H18ClN3O2S/c1-12(2)15-5-3-4-6-16(15)21-17(24)11-26-19-23-22-18(25-19)13-7-9-14(20)10-8-13/h3-10,12H,11H2,1-2H3,(H,21,24). The van der Waals surface area contributed by atoms with E-state index in [1.165, 1.54) is 11.8 Å². The number of para-hydroxylation sites is 1. The van der Waals surface area contributed by atoms with E-state index in [1.54, 1.807) is 24.3 Å². The van der Waals surface area contributed by atoms with Gasteiger partial charge >= 0.3 is 0 Å². The zero-order chi connectivity index (χ0) is 18.5. The van der Waals surface area contributed by atoms with Crippen LogP contribution in [-0.2, 0) is 4.79 Å². The number of thioether (sulfide) groups is 1. The van der Waals surface area contributed by atoms with Gasteiger partial charge in [0.1, 0.15) is 0 Å². The molecule has 1 heterocycles. The van der Waals surface area contributed by atoms with Crippen LogP contribution in [0.4, 0.5) is 5.69 Å². The summed E-state index contributed by atoms with van der Waals surface area (Å²) in [5, 5.41) is 11.9. The molecule has 5 nitrogen and oxygen atoms in total. The van der Waals surface area contributed by atoms with Crippen molar-refractivity contribution in [1.82, 2.24) is 10.2 Å². The van der Waals surface area contributed by atoms with Crippen molar-refractivity contribution in [3.8, 4) is 11.5 Å². The molecule has 0 aliphatic heterocycles. The van der Waals surface area contributed by atoms with Crippen molar-refractivity contribution in [3.63, 3.8) is 0 Å². The Morgan fingerprint density at radius 2 is 1.88 bits per heavy atom. The molecular formula is C19H18ClN3O2S. The van der Waals surface area contributed by atoms with Crippen LogP contribution >= 0.6 is 23.4 Å². The number of halogens is 1. The monoisotopic (exact) mass is 387 g/mol. The van der Waals surface area contributed by atoms with Crippen LogP contribution in [0.1, 0.15) is 25.3 Å². The van der Waals surface area contributed by atoms with E-state index in [4.69, 9.17) is 16.0 Å². The zero-order valence-electron chi connectivity index (χ0n) is 14.4. The molecule has 26 heavy (non-hydrogen) atoms. The Hall–Kier alpha value is -2.31. The maximum atomic E-state index is 12.2. The quantitative estimate of drug-likeness (QED) is 0.585. The fourth-order valence-electron chi connectivity index (χ4n) is 2.41. The van der Waals surface area contributed by atoms with E-state index in [0.717, 1.165) is 16.8 Å². The second kappa shape index (κ2) is 8.38. The molecule has 3 aromatic rings. The van der Waals surface area contributed by atoms with Crippen LogP contribution in [-0.4, -0.2) is 21.9 Å². The topological polar surface area (TPSA) is 68.0 Å². The van der Waals surface area contributed by atoms with E-state index in [9.17, 15) is 4.79 Å². The van der Waals surface area contributed by atoms with Gasteiger partial charge in [-0.3, -0.25) is 4.79 Å². The summed E-state index contributed by atoms with van der Waals surface area (Å²) in [6.07, 6.45) is 0. The smallest absolute Gasteiger partial charge is 0.277 e. The van der Waals surface area contributed by atoms with Gasteiger partial charge in [0.25, 0.3) is 5.22 Å². The minimum atomic E-state index is -0.116. The number of carbonyl (C=O) groups excluding carboxylic acids is 1. The van der Waals surface area contributed by atoms with Crippen LogP contribution in [0.3, 0.4) is 0 Å². The van der Waals surface area contributed by atoms with Crippen LogP contribution in [0.15, 0.2) is 58.2 Å². The molecule has 1 aromatic heterocycles. The van der Waals surface area contributed by atoms with E-state index >= 15 is 0 Å². The van der Waals surface area contributed by atoms with Gasteiger partial charge in [-0.15, -0.1) is 10.2 Å². The molecule has 0 radical (unpaired) electrons. The maximum Gasteiger partial charge on any atom is 0.277 e. The summed E-state index contributed by atoms with van der Waals surface area (Å²) < 4.78 is 5.59. The molecule has 0 atom stereocenters. The lowest BCUT2D eigenvalue weighted by Gasteiger charge is -2.13. The predicted molar refractivity (Wildman–Crippen MR) is 105 cm³/mol. The molecule has 0 unspecified atom stereocenters. The molecule has 1 amide bonds. The molecular weight excluding hydrogens is 370 g/mol. The lowest BCUT2D eigenvalue weighted by atomic mass is 10.0. The van der Waals surface area contributed by atoms with Crippen molar-refractivity contribution < 1.29 is 9.21 Å². The third kappa shape index (κ3) is 4.65. The molecule has 0 fully saturated rings. The molecule has 0 saturated carbocycles. The van der Waals surface area contributed by atoms with Crippen molar-refractivity contribution in [1.29, 1.82) is 0 Å². The molecule has 3 rings (SSSR count). The number of hydrogen-bond donors (Lipinski definition) is 1. The average Bonchev–Trinajstić information content (AvgIpc) is 3.10. The number of nitrogens with one attached hydrogen (secondary N) is 1. The van der Waals surface area contributed by atoms with E-state index in [-0.39, 0.29) is 11.7 Å². The van der Waals surface area contributed by atoms with Gasteiger partial charge in [-0.1, -0.05) is 55.4 Å². The lowest BCUT2D eigenvalue weighted by Crippen LogP contribution is -2.15. The molecule has 0 aliphatic carbocycles. The molecule has 1 N–H and O–H groups in total. The maximum absolute atomic E-state index is 12.2. The van der Waals surface area contributed by atoms with E-state index < -0.39 is 0 Å². The van der Waals surface area contributed by atoms with Crippen LogP contribution in [0, 0.1) is 0 Å². The van der Waals surface area contributed by atoms with E-state index in [2.05, 4.69) is 29.4 Å². The van der Waals surface area contributed by atoms with Gasteiger partial charge in [-0.2, -0.15) is 0 Å². The highest BCUT2D eigenvalue weighted by Crippen LogP contribution is 2.26. The first kappa shape index (κ1) is 18.5. The number of hydrogen-bond acceptors (Lipinski definition) is 5. The zero-order valence-corrected chi connectivity index (χ0v) is 16.0. The van der Waals surface area contributed by atoms with Gasteiger partial charge in [0.15, 0.2) is 0 Å². The summed E-state index contributed by atoms with van der Waals surface area (Å²) in [7, 11) is 0. The van der Waals surface area contributed by atoms with E-state index in [1.807, 2.05) is 24.3 Å². The predicted octanol–water partition coefficient (Wildman–Crippen LogP) is 5.24. The molecule has 7 heteroatoms. The Kier molecular flexibility index (Phi) is 5.96. The van der Waals surface area contributed by atoms with Crippen molar-refractivity contribution in [2.45, 2.75) is 25.0 Å². The van der Waals surface area contributed by atoms with E-state index in [0.29, 0.717) is 22.1 Å². The SMILES string of the molecule is CC(C)c1ccccc1NC(=O)CSc1nnc(-c2ccc(Cl)cc2)o1. The fraction of sp³-hybridized carbons (Fsp3) is 0.211. The highest BCUT2D eigenvalue weighted by Gasteiger charge is 2.13. The molecule has 0 aliphatic rings. The summed E-state index contributed by atoms with van der Waals surface area (Å²) in [6.45, 7) is 4.19. The first-order valence-electron chi connectivity index (χ1n) is 8.14. The number of aromatic nitrogens is 2. The third-order valence-corrected chi connectivity index (χ3v) is 4.75. The largest absolute Gasteiger partial charge is 0.411 e. The fourth-order valence-corrected chi connectivity index (χ4v) is 3.09. The van der Waals surface area contributed by atoms with Gasteiger partial charge < -0.3 is 9.73 Å². The lowest BCUT2D eigenvalue weighted by molar-refractivity contribution is -0.113. The first-order chi connectivity index (χ1) is 12.5. The van der Waals surface area contributed by atoms with Gasteiger partial charge in [-0.25, -0.2) is 0 Å². The Morgan fingerprint density at radius 3 is 2.62 bits per heavy atom. The molecule has 0 spiro atoms. The number of anilines is 1. The minimum Gasteiger partial charge on any atom is -0.411 e. The number of benzene rings is 2. The molecule has 134 valence electrons.